The average Bonchev–Trinajstić information content (AvgIpc) is 2.87. The monoisotopic (exact) mass is 288 g/mol. The second-order valence-electron chi connectivity index (χ2n) is 5.93. The number of aliphatic hydroxyl groups is 1. The van der Waals surface area contributed by atoms with Gasteiger partial charge >= 0.3 is 0 Å². The first-order valence-electron chi connectivity index (χ1n) is 7.61. The highest BCUT2D eigenvalue weighted by Crippen LogP contribution is 2.33. The predicted molar refractivity (Wildman–Crippen MR) is 82.9 cm³/mol. The topological polar surface area (TPSA) is 45.1 Å². The van der Waals surface area contributed by atoms with Crippen molar-refractivity contribution >= 4 is 16.6 Å². The van der Waals surface area contributed by atoms with Gasteiger partial charge in [0.15, 0.2) is 0 Å². The minimum atomic E-state index is -0.241. The van der Waals surface area contributed by atoms with E-state index in [4.69, 9.17) is 0 Å². The fraction of sp³-hybridized carbons (Fsp3) is 0.471. The van der Waals surface area contributed by atoms with E-state index in [9.17, 15) is 9.50 Å². The van der Waals surface area contributed by atoms with Crippen molar-refractivity contribution in [3.63, 3.8) is 0 Å². The van der Waals surface area contributed by atoms with Crippen LogP contribution in [-0.4, -0.2) is 22.7 Å². The summed E-state index contributed by atoms with van der Waals surface area (Å²) in [6.07, 6.45) is 4.25. The SMILES string of the molecule is Cc1cc(NC2CCCC2CCO)c2cc(F)ccc2n1. The number of aryl methyl sites for hydroxylation is 1. The molecule has 1 aromatic carbocycles. The fourth-order valence-electron chi connectivity index (χ4n) is 3.39. The zero-order valence-corrected chi connectivity index (χ0v) is 12.3. The number of hydrogen-bond donors (Lipinski definition) is 2. The molecule has 1 heterocycles. The number of anilines is 1. The van der Waals surface area contributed by atoms with E-state index in [-0.39, 0.29) is 12.4 Å². The molecule has 2 atom stereocenters. The molecular weight excluding hydrogens is 267 g/mol. The van der Waals surface area contributed by atoms with Gasteiger partial charge in [0.25, 0.3) is 0 Å². The second-order valence-corrected chi connectivity index (χ2v) is 5.93. The van der Waals surface area contributed by atoms with Crippen LogP contribution in [0.25, 0.3) is 10.9 Å². The predicted octanol–water partition coefficient (Wildman–Crippen LogP) is 3.65. The molecule has 1 fully saturated rings. The van der Waals surface area contributed by atoms with E-state index < -0.39 is 0 Å². The molecule has 3 nitrogen and oxygen atoms in total. The molecule has 0 bridgehead atoms. The van der Waals surface area contributed by atoms with Crippen LogP contribution in [0.1, 0.15) is 31.4 Å². The van der Waals surface area contributed by atoms with Crippen LogP contribution in [0.15, 0.2) is 24.3 Å². The Labute approximate surface area is 124 Å². The first kappa shape index (κ1) is 14.3. The van der Waals surface area contributed by atoms with Crippen LogP contribution in [0.4, 0.5) is 10.1 Å². The van der Waals surface area contributed by atoms with Crippen molar-refractivity contribution in [2.45, 2.75) is 38.6 Å². The van der Waals surface area contributed by atoms with Crippen molar-refractivity contribution in [2.75, 3.05) is 11.9 Å². The summed E-state index contributed by atoms with van der Waals surface area (Å²) in [5.74, 6) is 0.251. The second kappa shape index (κ2) is 5.98. The Morgan fingerprint density at radius 2 is 2.19 bits per heavy atom. The van der Waals surface area contributed by atoms with Crippen molar-refractivity contribution in [2.24, 2.45) is 5.92 Å². The largest absolute Gasteiger partial charge is 0.396 e. The van der Waals surface area contributed by atoms with E-state index in [0.29, 0.717) is 12.0 Å². The molecule has 4 heteroatoms. The number of hydrogen-bond acceptors (Lipinski definition) is 3. The van der Waals surface area contributed by atoms with E-state index in [1.54, 1.807) is 12.1 Å². The van der Waals surface area contributed by atoms with Gasteiger partial charge in [0.1, 0.15) is 5.82 Å². The Hall–Kier alpha value is -1.68. The standard InChI is InChI=1S/C17H21FN2O/c1-11-9-17(14-10-13(18)5-6-16(14)19-11)20-15-4-2-3-12(15)7-8-21/h5-6,9-10,12,15,21H,2-4,7-8H2,1H3,(H,19,20). The molecule has 0 aliphatic heterocycles. The maximum Gasteiger partial charge on any atom is 0.124 e. The van der Waals surface area contributed by atoms with Gasteiger partial charge in [0.05, 0.1) is 5.52 Å². The lowest BCUT2D eigenvalue weighted by atomic mass is 9.99. The molecule has 1 aromatic heterocycles. The summed E-state index contributed by atoms with van der Waals surface area (Å²) in [5.41, 5.74) is 2.69. The lowest BCUT2D eigenvalue weighted by molar-refractivity contribution is 0.254. The highest BCUT2D eigenvalue weighted by atomic mass is 19.1. The quantitative estimate of drug-likeness (QED) is 0.902. The molecule has 2 aromatic rings. The zero-order chi connectivity index (χ0) is 14.8. The molecule has 1 aliphatic carbocycles. The highest BCUT2D eigenvalue weighted by molar-refractivity contribution is 5.91. The van der Waals surface area contributed by atoms with Gasteiger partial charge in [-0.1, -0.05) is 6.42 Å². The van der Waals surface area contributed by atoms with Crippen LogP contribution in [0.2, 0.25) is 0 Å². The summed E-state index contributed by atoms with van der Waals surface area (Å²) < 4.78 is 13.5. The highest BCUT2D eigenvalue weighted by Gasteiger charge is 2.27. The van der Waals surface area contributed by atoms with E-state index in [0.717, 1.165) is 41.5 Å². The summed E-state index contributed by atoms with van der Waals surface area (Å²) >= 11 is 0. The molecule has 3 rings (SSSR count). The summed E-state index contributed by atoms with van der Waals surface area (Å²) in [4.78, 5) is 4.46. The van der Waals surface area contributed by atoms with Crippen molar-refractivity contribution in [3.05, 3.63) is 35.8 Å². The number of aromatic nitrogens is 1. The molecular formula is C17H21FN2O. The molecule has 0 amide bonds. The van der Waals surface area contributed by atoms with E-state index in [1.165, 1.54) is 12.5 Å². The summed E-state index contributed by atoms with van der Waals surface area (Å²) in [6.45, 7) is 2.18. The Morgan fingerprint density at radius 3 is 3.00 bits per heavy atom. The Kier molecular flexibility index (Phi) is 4.06. The van der Waals surface area contributed by atoms with Crippen LogP contribution in [0.3, 0.4) is 0 Å². The lowest BCUT2D eigenvalue weighted by Crippen LogP contribution is -2.25. The normalized spacial score (nSPS) is 21.9. The van der Waals surface area contributed by atoms with Gasteiger partial charge in [-0.3, -0.25) is 4.98 Å². The molecule has 1 aliphatic rings. The molecule has 0 radical (unpaired) electrons. The van der Waals surface area contributed by atoms with Crippen molar-refractivity contribution in [1.29, 1.82) is 0 Å². The van der Waals surface area contributed by atoms with E-state index >= 15 is 0 Å². The van der Waals surface area contributed by atoms with Crippen LogP contribution < -0.4 is 5.32 Å². The van der Waals surface area contributed by atoms with Crippen LogP contribution in [0.5, 0.6) is 0 Å². The number of aliphatic hydroxyl groups excluding tert-OH is 1. The van der Waals surface area contributed by atoms with Crippen molar-refractivity contribution in [1.82, 2.24) is 4.98 Å². The fourth-order valence-corrected chi connectivity index (χ4v) is 3.39. The summed E-state index contributed by atoms with van der Waals surface area (Å²) in [7, 11) is 0. The van der Waals surface area contributed by atoms with Gasteiger partial charge in [-0.25, -0.2) is 4.39 Å². The lowest BCUT2D eigenvalue weighted by Gasteiger charge is -2.22. The van der Waals surface area contributed by atoms with Gasteiger partial charge in [0, 0.05) is 29.4 Å². The first-order chi connectivity index (χ1) is 10.2. The van der Waals surface area contributed by atoms with E-state index in [1.807, 2.05) is 13.0 Å². The number of pyridine rings is 1. The van der Waals surface area contributed by atoms with E-state index in [2.05, 4.69) is 10.3 Å². The Balaban J connectivity index is 1.94. The number of nitrogens with zero attached hydrogens (tertiary/aromatic N) is 1. The minimum absolute atomic E-state index is 0.230. The van der Waals surface area contributed by atoms with Gasteiger partial charge in [0.2, 0.25) is 0 Å². The average molecular weight is 288 g/mol. The van der Waals surface area contributed by atoms with Crippen molar-refractivity contribution in [3.8, 4) is 0 Å². The number of benzene rings is 1. The number of fused-ring (bicyclic) bond motifs is 1. The molecule has 1 saturated carbocycles. The van der Waals surface area contributed by atoms with Crippen molar-refractivity contribution < 1.29 is 9.50 Å². The number of nitrogens with one attached hydrogen (secondary N) is 1. The molecule has 2 unspecified atom stereocenters. The third-order valence-corrected chi connectivity index (χ3v) is 4.40. The van der Waals surface area contributed by atoms with Crippen LogP contribution in [-0.2, 0) is 0 Å². The van der Waals surface area contributed by atoms with Gasteiger partial charge in [-0.05, 0) is 56.4 Å². The smallest absolute Gasteiger partial charge is 0.124 e. The molecule has 0 spiro atoms. The summed E-state index contributed by atoms with van der Waals surface area (Å²) in [6, 6.07) is 7.05. The third kappa shape index (κ3) is 3.00. The number of halogens is 1. The third-order valence-electron chi connectivity index (χ3n) is 4.40. The first-order valence-corrected chi connectivity index (χ1v) is 7.61. The molecule has 2 N–H and O–H groups in total. The Bertz CT molecular complexity index is 644. The molecule has 0 saturated heterocycles. The summed E-state index contributed by atoms with van der Waals surface area (Å²) in [5, 5.41) is 13.6. The maximum atomic E-state index is 13.5. The Morgan fingerprint density at radius 1 is 1.33 bits per heavy atom. The van der Waals surface area contributed by atoms with Crippen LogP contribution in [0, 0.1) is 18.7 Å². The minimum Gasteiger partial charge on any atom is -0.396 e. The van der Waals surface area contributed by atoms with Crippen LogP contribution >= 0.6 is 0 Å². The van der Waals surface area contributed by atoms with Gasteiger partial charge in [-0.2, -0.15) is 0 Å². The zero-order valence-electron chi connectivity index (χ0n) is 12.3. The number of rotatable bonds is 4. The molecule has 21 heavy (non-hydrogen) atoms. The van der Waals surface area contributed by atoms with Gasteiger partial charge < -0.3 is 10.4 Å². The van der Waals surface area contributed by atoms with Gasteiger partial charge in [-0.15, -0.1) is 0 Å². The molecule has 112 valence electrons. The maximum absolute atomic E-state index is 13.5.